The van der Waals surface area contributed by atoms with Crippen LogP contribution in [-0.4, -0.2) is 11.1 Å². The van der Waals surface area contributed by atoms with Gasteiger partial charge in [-0.15, -0.1) is 0 Å². The molecule has 1 rings (SSSR count). The molecule has 0 amide bonds. The topological polar surface area (TPSA) is 37.3 Å². The molecule has 0 heterocycles. The van der Waals surface area contributed by atoms with Crippen molar-refractivity contribution in [3.63, 3.8) is 0 Å². The fourth-order valence-electron chi connectivity index (χ4n) is 0.748. The summed E-state index contributed by atoms with van der Waals surface area (Å²) in [5.74, 6) is -0.757. The molecule has 18 heavy (non-hydrogen) atoms. The SMILES string of the molecule is CC(C)(C)C(=O)O.FC(F)(F)c1ccc[c]([Zn])c1. The van der Waals surface area contributed by atoms with E-state index in [2.05, 4.69) is 0 Å². The average molecular weight is 313 g/mol. The summed E-state index contributed by atoms with van der Waals surface area (Å²) in [6.45, 7) is 4.99. The molecule has 0 radical (unpaired) electrons. The Balaban J connectivity index is 0.000000360. The van der Waals surface area contributed by atoms with Crippen molar-refractivity contribution < 1.29 is 41.4 Å². The second-order valence-electron chi connectivity index (χ2n) is 4.75. The van der Waals surface area contributed by atoms with Gasteiger partial charge in [0.25, 0.3) is 0 Å². The van der Waals surface area contributed by atoms with Crippen LogP contribution in [0.2, 0.25) is 0 Å². The van der Waals surface area contributed by atoms with Crippen LogP contribution >= 0.6 is 0 Å². The van der Waals surface area contributed by atoms with E-state index < -0.39 is 23.1 Å². The third-order valence-electron chi connectivity index (χ3n) is 1.90. The van der Waals surface area contributed by atoms with Gasteiger partial charge >= 0.3 is 77.6 Å². The Labute approximate surface area is 114 Å². The second-order valence-corrected chi connectivity index (χ2v) is 6.47. The number of carbonyl (C=O) groups is 1. The molecule has 1 aromatic carbocycles. The number of alkyl halides is 3. The number of carboxylic acids is 1. The first kappa shape index (κ1) is 17.1. The number of aliphatic carboxylic acids is 1. The van der Waals surface area contributed by atoms with Gasteiger partial charge in [0.2, 0.25) is 0 Å². The zero-order valence-corrected chi connectivity index (χ0v) is 13.5. The van der Waals surface area contributed by atoms with E-state index in [1.54, 1.807) is 26.8 Å². The van der Waals surface area contributed by atoms with Crippen molar-refractivity contribution in [2.45, 2.75) is 26.9 Å². The first-order valence-electron chi connectivity index (χ1n) is 5.17. The van der Waals surface area contributed by atoms with E-state index in [9.17, 15) is 18.0 Å². The normalized spacial score (nSPS) is 11.6. The fourth-order valence-corrected chi connectivity index (χ4v) is 1.49. The summed E-state index contributed by atoms with van der Waals surface area (Å²) in [6.07, 6.45) is -4.20. The molecular formula is C12H14F3O2Zn. The number of benzene rings is 1. The van der Waals surface area contributed by atoms with Crippen LogP contribution in [0.1, 0.15) is 26.3 Å². The molecule has 0 spiro atoms. The summed E-state index contributed by atoms with van der Waals surface area (Å²) in [4.78, 5) is 10.0. The number of rotatable bonds is 0. The quantitative estimate of drug-likeness (QED) is 0.748. The maximum absolute atomic E-state index is 12.0. The molecule has 2 nitrogen and oxygen atoms in total. The van der Waals surface area contributed by atoms with E-state index in [0.29, 0.717) is 0 Å². The standard InChI is InChI=1S/C7H4F3.C5H10O2.Zn/c8-7(9,10)6-4-2-1-3-5-6;1-5(2,3)4(6)7;/h1-2,4-5H;1-3H3,(H,6,7);. The van der Waals surface area contributed by atoms with E-state index in [0.717, 1.165) is 28.5 Å². The first-order valence-corrected chi connectivity index (χ1v) is 6.65. The average Bonchev–Trinajstić information content (AvgIpc) is 2.15. The summed E-state index contributed by atoms with van der Waals surface area (Å²) < 4.78 is 36.7. The third kappa shape index (κ3) is 6.75. The van der Waals surface area contributed by atoms with Crippen molar-refractivity contribution in [2.24, 2.45) is 5.41 Å². The van der Waals surface area contributed by atoms with Crippen LogP contribution in [-0.2, 0) is 29.3 Å². The van der Waals surface area contributed by atoms with Crippen molar-refractivity contribution in [3.05, 3.63) is 29.8 Å². The molecule has 0 atom stereocenters. The molecule has 0 aromatic heterocycles. The van der Waals surface area contributed by atoms with Gasteiger partial charge < -0.3 is 5.11 Å². The summed E-state index contributed by atoms with van der Waals surface area (Å²) >= 11 is 0.754. The molecule has 0 unspecified atom stereocenters. The van der Waals surface area contributed by atoms with Crippen molar-refractivity contribution in [2.75, 3.05) is 0 Å². The Bertz CT molecular complexity index is 409. The van der Waals surface area contributed by atoms with Gasteiger partial charge in [0, 0.05) is 0 Å². The van der Waals surface area contributed by atoms with E-state index in [-0.39, 0.29) is 0 Å². The Morgan fingerprint density at radius 2 is 1.67 bits per heavy atom. The van der Waals surface area contributed by atoms with Gasteiger partial charge in [-0.1, -0.05) is 0 Å². The molecule has 1 aromatic rings. The van der Waals surface area contributed by atoms with Crippen molar-refractivity contribution in [1.29, 1.82) is 0 Å². The first-order chi connectivity index (χ1) is 7.94. The van der Waals surface area contributed by atoms with Gasteiger partial charge in [0.1, 0.15) is 0 Å². The fraction of sp³-hybridized carbons (Fsp3) is 0.417. The van der Waals surface area contributed by atoms with Crippen molar-refractivity contribution >= 4 is 10.1 Å². The van der Waals surface area contributed by atoms with Crippen LogP contribution in [0.15, 0.2) is 24.3 Å². The Morgan fingerprint density at radius 1 is 1.22 bits per heavy atom. The number of carboxylic acid groups (broad SMARTS) is 1. The molecule has 0 bridgehead atoms. The van der Waals surface area contributed by atoms with E-state index >= 15 is 0 Å². The summed E-state index contributed by atoms with van der Waals surface area (Å²) in [5.41, 5.74) is -1.14. The molecule has 6 heteroatoms. The van der Waals surface area contributed by atoms with Crippen LogP contribution in [0.3, 0.4) is 0 Å². The third-order valence-corrected chi connectivity index (χ3v) is 2.82. The van der Waals surface area contributed by atoms with Crippen molar-refractivity contribution in [1.82, 2.24) is 0 Å². The predicted molar refractivity (Wildman–Crippen MR) is 58.2 cm³/mol. The Kier molecular flexibility index (Phi) is 6.01. The van der Waals surface area contributed by atoms with Gasteiger partial charge in [-0.3, -0.25) is 4.79 Å². The van der Waals surface area contributed by atoms with Crippen molar-refractivity contribution in [3.8, 4) is 0 Å². The molecule has 0 saturated heterocycles. The van der Waals surface area contributed by atoms with Gasteiger partial charge in [-0.05, 0) is 20.8 Å². The summed E-state index contributed by atoms with van der Waals surface area (Å²) in [5, 5.41) is 8.25. The number of hydrogen-bond acceptors (Lipinski definition) is 1. The summed E-state index contributed by atoms with van der Waals surface area (Å²) in [6, 6.07) is 5.38. The second kappa shape index (κ2) is 6.32. The zero-order valence-electron chi connectivity index (χ0n) is 10.5. The predicted octanol–water partition coefficient (Wildman–Crippen LogP) is 2.99. The van der Waals surface area contributed by atoms with Crippen LogP contribution in [0.25, 0.3) is 0 Å². The van der Waals surface area contributed by atoms with Crippen LogP contribution in [0.5, 0.6) is 0 Å². The van der Waals surface area contributed by atoms with Crippen LogP contribution in [0.4, 0.5) is 13.2 Å². The minimum absolute atomic E-state index is 0.554. The molecule has 0 fully saturated rings. The van der Waals surface area contributed by atoms with Gasteiger partial charge in [0.05, 0.1) is 5.41 Å². The van der Waals surface area contributed by atoms with Crippen LogP contribution in [0, 0.1) is 5.41 Å². The van der Waals surface area contributed by atoms with E-state index in [1.807, 2.05) is 0 Å². The molecule has 1 N–H and O–H groups in total. The number of halogens is 3. The Hall–Kier alpha value is -0.897. The van der Waals surface area contributed by atoms with E-state index in [1.165, 1.54) is 12.1 Å². The van der Waals surface area contributed by atoms with Gasteiger partial charge in [0.15, 0.2) is 0 Å². The van der Waals surface area contributed by atoms with Crippen LogP contribution < -0.4 is 4.16 Å². The molecule has 0 saturated carbocycles. The van der Waals surface area contributed by atoms with E-state index in [4.69, 9.17) is 5.11 Å². The monoisotopic (exact) mass is 311 g/mol. The molecule has 0 aliphatic carbocycles. The molecule has 0 aliphatic rings. The maximum atomic E-state index is 12.0. The van der Waals surface area contributed by atoms with Gasteiger partial charge in [-0.25, -0.2) is 0 Å². The minimum atomic E-state index is -4.20. The molecule has 0 aliphatic heterocycles. The Morgan fingerprint density at radius 3 is 1.89 bits per heavy atom. The zero-order chi connectivity index (χ0) is 14.6. The molecular weight excluding hydrogens is 299 g/mol. The summed E-state index contributed by atoms with van der Waals surface area (Å²) in [7, 11) is 0. The van der Waals surface area contributed by atoms with Gasteiger partial charge in [-0.2, -0.15) is 0 Å². The number of hydrogen-bond donors (Lipinski definition) is 1. The molecule has 97 valence electrons.